The average Bonchev–Trinajstić information content (AvgIpc) is 2.62. The summed E-state index contributed by atoms with van der Waals surface area (Å²) >= 11 is 4.67. The van der Waals surface area contributed by atoms with Crippen molar-refractivity contribution in [1.29, 1.82) is 0 Å². The Morgan fingerprint density at radius 2 is 2.12 bits per heavy atom. The summed E-state index contributed by atoms with van der Waals surface area (Å²) in [6.07, 6.45) is -1.48. The zero-order valence-corrected chi connectivity index (χ0v) is 9.43. The number of nitrogens with zero attached hydrogens (tertiary/aromatic N) is 3. The van der Waals surface area contributed by atoms with Crippen molar-refractivity contribution >= 4 is 12.2 Å². The van der Waals surface area contributed by atoms with E-state index in [4.69, 9.17) is 0 Å². The molecule has 0 atom stereocenters. The van der Waals surface area contributed by atoms with Gasteiger partial charge in [0.2, 0.25) is 0 Å². The first-order valence-electron chi connectivity index (χ1n) is 4.54. The Balaban J connectivity index is 2.57. The Kier molecular flexibility index (Phi) is 2.74. The van der Waals surface area contributed by atoms with Gasteiger partial charge in [-0.25, -0.2) is 4.98 Å². The van der Waals surface area contributed by atoms with E-state index in [1.807, 2.05) is 4.98 Å². The number of aromatic nitrogens is 4. The van der Waals surface area contributed by atoms with Crippen molar-refractivity contribution in [3.63, 3.8) is 0 Å². The van der Waals surface area contributed by atoms with Crippen molar-refractivity contribution in [3.8, 4) is 11.3 Å². The largest absolute Gasteiger partial charge is 0.431 e. The SMILES string of the molecule is Cn1cc(-c2cc(C(F)(F)F)[nH]c(=S)n2)cn1. The van der Waals surface area contributed by atoms with Crippen LogP contribution in [0, 0.1) is 4.77 Å². The zero-order valence-electron chi connectivity index (χ0n) is 8.62. The first kappa shape index (κ1) is 11.8. The lowest BCUT2D eigenvalue weighted by molar-refractivity contribution is -0.141. The van der Waals surface area contributed by atoms with E-state index in [0.717, 1.165) is 6.07 Å². The Morgan fingerprint density at radius 3 is 2.65 bits per heavy atom. The molecule has 0 spiro atoms. The van der Waals surface area contributed by atoms with Crippen molar-refractivity contribution in [2.75, 3.05) is 0 Å². The highest BCUT2D eigenvalue weighted by molar-refractivity contribution is 7.71. The minimum absolute atomic E-state index is 0.147. The summed E-state index contributed by atoms with van der Waals surface area (Å²) in [6, 6.07) is 0.910. The van der Waals surface area contributed by atoms with E-state index in [9.17, 15) is 13.2 Å². The van der Waals surface area contributed by atoms with Gasteiger partial charge < -0.3 is 4.98 Å². The molecule has 1 N–H and O–H groups in total. The van der Waals surface area contributed by atoms with Gasteiger partial charge in [-0.2, -0.15) is 18.3 Å². The van der Waals surface area contributed by atoms with Gasteiger partial charge in [0.15, 0.2) is 4.77 Å². The molecule has 0 aliphatic carbocycles. The molecule has 2 aromatic rings. The average molecular weight is 260 g/mol. The standard InChI is InChI=1S/C9H7F3N4S/c1-16-4-5(3-13-16)6-2-7(9(10,11)12)15-8(17)14-6/h2-4H,1H3,(H,14,15,17). The second kappa shape index (κ2) is 3.95. The van der Waals surface area contributed by atoms with Crippen molar-refractivity contribution in [3.05, 3.63) is 28.9 Å². The number of aryl methyl sites for hydroxylation is 1. The number of H-pyrrole nitrogens is 1. The molecule has 0 unspecified atom stereocenters. The van der Waals surface area contributed by atoms with E-state index in [0.29, 0.717) is 5.56 Å². The lowest BCUT2D eigenvalue weighted by atomic mass is 10.2. The lowest BCUT2D eigenvalue weighted by Crippen LogP contribution is -2.09. The normalized spacial score (nSPS) is 11.8. The van der Waals surface area contributed by atoms with Gasteiger partial charge in [0, 0.05) is 18.8 Å². The summed E-state index contributed by atoms with van der Waals surface area (Å²) in [5.41, 5.74) is -0.288. The molecule has 0 amide bonds. The number of alkyl halides is 3. The first-order valence-corrected chi connectivity index (χ1v) is 4.94. The number of nitrogens with one attached hydrogen (secondary N) is 1. The molecule has 0 saturated carbocycles. The predicted octanol–water partition coefficient (Wildman–Crippen LogP) is 2.56. The Labute approximate surface area is 99.1 Å². The molecule has 0 aromatic carbocycles. The highest BCUT2D eigenvalue weighted by Crippen LogP contribution is 2.29. The molecule has 90 valence electrons. The van der Waals surface area contributed by atoms with Gasteiger partial charge in [-0.05, 0) is 18.3 Å². The maximum Gasteiger partial charge on any atom is 0.431 e. The van der Waals surface area contributed by atoms with E-state index in [1.54, 1.807) is 13.2 Å². The van der Waals surface area contributed by atoms with Crippen molar-refractivity contribution in [1.82, 2.24) is 19.7 Å². The molecular weight excluding hydrogens is 253 g/mol. The second-order valence-corrected chi connectivity index (χ2v) is 3.77. The van der Waals surface area contributed by atoms with E-state index >= 15 is 0 Å². The minimum Gasteiger partial charge on any atom is -0.327 e. The summed E-state index contributed by atoms with van der Waals surface area (Å²) in [5.74, 6) is 0. The van der Waals surface area contributed by atoms with Gasteiger partial charge in [0.1, 0.15) is 5.69 Å². The smallest absolute Gasteiger partial charge is 0.327 e. The lowest BCUT2D eigenvalue weighted by Gasteiger charge is -2.07. The maximum absolute atomic E-state index is 12.5. The van der Waals surface area contributed by atoms with Gasteiger partial charge in [-0.3, -0.25) is 4.68 Å². The highest BCUT2D eigenvalue weighted by Gasteiger charge is 2.32. The molecule has 0 saturated heterocycles. The van der Waals surface area contributed by atoms with Gasteiger partial charge in [-0.1, -0.05) is 0 Å². The summed E-state index contributed by atoms with van der Waals surface area (Å²) in [5, 5.41) is 3.87. The predicted molar refractivity (Wildman–Crippen MR) is 56.6 cm³/mol. The highest BCUT2D eigenvalue weighted by atomic mass is 32.1. The van der Waals surface area contributed by atoms with Crippen LogP contribution in [0.3, 0.4) is 0 Å². The fraction of sp³-hybridized carbons (Fsp3) is 0.222. The van der Waals surface area contributed by atoms with Gasteiger partial charge in [-0.15, -0.1) is 0 Å². The summed E-state index contributed by atoms with van der Waals surface area (Å²) < 4.78 is 38.9. The van der Waals surface area contributed by atoms with Crippen molar-refractivity contribution < 1.29 is 13.2 Å². The molecule has 17 heavy (non-hydrogen) atoms. The van der Waals surface area contributed by atoms with Crippen molar-refractivity contribution in [2.24, 2.45) is 7.05 Å². The molecule has 0 aliphatic rings. The first-order chi connectivity index (χ1) is 7.86. The summed E-state index contributed by atoms with van der Waals surface area (Å²) in [7, 11) is 1.66. The van der Waals surface area contributed by atoms with Crippen LogP contribution in [0.25, 0.3) is 11.3 Å². The van der Waals surface area contributed by atoms with E-state index in [-0.39, 0.29) is 10.5 Å². The molecule has 2 heterocycles. The fourth-order valence-electron chi connectivity index (χ4n) is 1.31. The molecular formula is C9H7F3N4S. The van der Waals surface area contributed by atoms with Crippen molar-refractivity contribution in [2.45, 2.75) is 6.18 Å². The fourth-order valence-corrected chi connectivity index (χ4v) is 1.52. The van der Waals surface area contributed by atoms with Crippen LogP contribution in [0.15, 0.2) is 18.5 Å². The minimum atomic E-state index is -4.48. The van der Waals surface area contributed by atoms with Crippen LogP contribution in [-0.4, -0.2) is 19.7 Å². The molecule has 2 rings (SSSR count). The van der Waals surface area contributed by atoms with E-state index in [2.05, 4.69) is 22.3 Å². The van der Waals surface area contributed by atoms with Crippen LogP contribution < -0.4 is 0 Å². The molecule has 4 nitrogen and oxygen atoms in total. The van der Waals surface area contributed by atoms with Crippen LogP contribution in [0.1, 0.15) is 5.69 Å². The second-order valence-electron chi connectivity index (χ2n) is 3.39. The van der Waals surface area contributed by atoms with E-state index < -0.39 is 11.9 Å². The Hall–Kier alpha value is -1.70. The van der Waals surface area contributed by atoms with Crippen LogP contribution in [-0.2, 0) is 13.2 Å². The zero-order chi connectivity index (χ0) is 12.6. The molecule has 0 radical (unpaired) electrons. The topological polar surface area (TPSA) is 46.5 Å². The molecule has 8 heteroatoms. The third-order valence-electron chi connectivity index (χ3n) is 2.05. The van der Waals surface area contributed by atoms with Gasteiger partial charge in [0.25, 0.3) is 0 Å². The molecule has 0 aliphatic heterocycles. The van der Waals surface area contributed by atoms with Crippen LogP contribution in [0.2, 0.25) is 0 Å². The molecule has 2 aromatic heterocycles. The molecule has 0 bridgehead atoms. The van der Waals surface area contributed by atoms with Crippen LogP contribution in [0.4, 0.5) is 13.2 Å². The Morgan fingerprint density at radius 1 is 1.41 bits per heavy atom. The number of halogens is 3. The quantitative estimate of drug-likeness (QED) is 0.801. The van der Waals surface area contributed by atoms with E-state index in [1.165, 1.54) is 10.9 Å². The number of aromatic amines is 1. The number of hydrogen-bond donors (Lipinski definition) is 1. The summed E-state index contributed by atoms with van der Waals surface area (Å²) in [6.45, 7) is 0. The van der Waals surface area contributed by atoms with Gasteiger partial charge in [0.05, 0.1) is 11.9 Å². The summed E-state index contributed by atoms with van der Waals surface area (Å²) in [4.78, 5) is 5.85. The third-order valence-corrected chi connectivity index (χ3v) is 2.24. The number of rotatable bonds is 1. The molecule has 0 fully saturated rings. The number of hydrogen-bond acceptors (Lipinski definition) is 3. The maximum atomic E-state index is 12.5. The monoisotopic (exact) mass is 260 g/mol. The Bertz CT molecular complexity index is 599. The van der Waals surface area contributed by atoms with Crippen LogP contribution in [0.5, 0.6) is 0 Å². The van der Waals surface area contributed by atoms with Crippen LogP contribution >= 0.6 is 12.2 Å². The van der Waals surface area contributed by atoms with Gasteiger partial charge >= 0.3 is 6.18 Å². The third kappa shape index (κ3) is 2.52.